The van der Waals surface area contributed by atoms with Crippen molar-refractivity contribution in [1.29, 1.82) is 0 Å². The first-order valence-corrected chi connectivity index (χ1v) is 8.39. The highest BCUT2D eigenvalue weighted by molar-refractivity contribution is 7.90. The number of nitrogens with one attached hydrogen (secondary N) is 1. The lowest BCUT2D eigenvalue weighted by Gasteiger charge is -2.12. The summed E-state index contributed by atoms with van der Waals surface area (Å²) in [6.45, 7) is 0.486. The third kappa shape index (κ3) is 4.21. The van der Waals surface area contributed by atoms with Crippen molar-refractivity contribution in [1.82, 2.24) is 4.72 Å². The van der Waals surface area contributed by atoms with Crippen molar-refractivity contribution in [2.45, 2.75) is 43.8 Å². The summed E-state index contributed by atoms with van der Waals surface area (Å²) in [6, 6.07) is 7.03. The lowest BCUT2D eigenvalue weighted by atomic mass is 10.1. The van der Waals surface area contributed by atoms with Gasteiger partial charge in [0.25, 0.3) is 0 Å². The Morgan fingerprint density at radius 3 is 2.42 bits per heavy atom. The predicted octanol–water partition coefficient (Wildman–Crippen LogP) is 2.19. The normalized spacial score (nSPS) is 16.8. The monoisotopic (exact) mass is 283 g/mol. The van der Waals surface area contributed by atoms with Crippen molar-refractivity contribution in [3.63, 3.8) is 0 Å². The lowest BCUT2D eigenvalue weighted by Crippen LogP contribution is -2.33. The highest BCUT2D eigenvalue weighted by atomic mass is 32.2. The van der Waals surface area contributed by atoms with Crippen LogP contribution in [0.25, 0.3) is 0 Å². The highest BCUT2D eigenvalue weighted by Crippen LogP contribution is 2.23. The van der Waals surface area contributed by atoms with Crippen LogP contribution in [0.1, 0.15) is 37.7 Å². The van der Waals surface area contributed by atoms with Crippen LogP contribution in [-0.2, 0) is 16.4 Å². The summed E-state index contributed by atoms with van der Waals surface area (Å²) >= 11 is 0. The Hall–Kier alpha value is -1.07. The van der Waals surface area contributed by atoms with Crippen LogP contribution in [0, 0.1) is 0 Å². The van der Waals surface area contributed by atoms with Crippen LogP contribution in [0.3, 0.4) is 0 Å². The molecular formula is C14H21NO3S. The van der Waals surface area contributed by atoms with Gasteiger partial charge >= 0.3 is 0 Å². The summed E-state index contributed by atoms with van der Waals surface area (Å²) in [4.78, 5) is 0. The fraction of sp³-hybridized carbons (Fsp3) is 0.571. The van der Waals surface area contributed by atoms with Crippen molar-refractivity contribution < 1.29 is 13.5 Å². The first-order valence-electron chi connectivity index (χ1n) is 6.84. The summed E-state index contributed by atoms with van der Waals surface area (Å²) in [6.07, 6.45) is 5.24. The molecule has 1 aromatic rings. The Morgan fingerprint density at radius 2 is 1.79 bits per heavy atom. The molecule has 0 bridgehead atoms. The summed E-state index contributed by atoms with van der Waals surface area (Å²) < 4.78 is 26.6. The predicted molar refractivity (Wildman–Crippen MR) is 75.6 cm³/mol. The third-order valence-electron chi connectivity index (χ3n) is 3.62. The van der Waals surface area contributed by atoms with E-state index in [-0.39, 0.29) is 11.0 Å². The number of hydrogen-bond acceptors (Lipinski definition) is 3. The highest BCUT2D eigenvalue weighted by Gasteiger charge is 2.27. The van der Waals surface area contributed by atoms with Crippen molar-refractivity contribution in [2.24, 2.45) is 0 Å². The van der Waals surface area contributed by atoms with Crippen LogP contribution in [-0.4, -0.2) is 25.3 Å². The molecule has 19 heavy (non-hydrogen) atoms. The number of benzene rings is 1. The van der Waals surface area contributed by atoms with Gasteiger partial charge in [-0.2, -0.15) is 0 Å². The minimum Gasteiger partial charge on any atom is -0.508 e. The van der Waals surface area contributed by atoms with E-state index in [2.05, 4.69) is 4.72 Å². The Morgan fingerprint density at radius 1 is 1.16 bits per heavy atom. The average molecular weight is 283 g/mol. The second kappa shape index (κ2) is 6.39. The van der Waals surface area contributed by atoms with E-state index in [0.717, 1.165) is 44.1 Å². The quantitative estimate of drug-likeness (QED) is 0.786. The fourth-order valence-electron chi connectivity index (χ4n) is 2.49. The van der Waals surface area contributed by atoms with Crippen LogP contribution in [0.15, 0.2) is 24.3 Å². The standard InChI is InChI=1S/C14H21NO3S/c16-13-9-7-12(8-10-13)4-3-11-15-19(17,18)14-5-1-2-6-14/h7-10,14-16H,1-6,11H2. The molecule has 0 aromatic heterocycles. The van der Waals surface area contributed by atoms with Crippen LogP contribution >= 0.6 is 0 Å². The Labute approximate surface area is 114 Å². The SMILES string of the molecule is O=S(=O)(NCCCc1ccc(O)cc1)C1CCCC1. The zero-order valence-electron chi connectivity index (χ0n) is 11.0. The molecule has 5 heteroatoms. The van der Waals surface area contributed by atoms with E-state index < -0.39 is 10.0 Å². The topological polar surface area (TPSA) is 66.4 Å². The summed E-state index contributed by atoms with van der Waals surface area (Å²) in [5.41, 5.74) is 1.11. The number of rotatable bonds is 6. The third-order valence-corrected chi connectivity index (χ3v) is 5.58. The summed E-state index contributed by atoms with van der Waals surface area (Å²) in [5.74, 6) is 0.255. The molecule has 1 aromatic carbocycles. The molecule has 1 saturated carbocycles. The molecule has 0 radical (unpaired) electrons. The second-order valence-corrected chi connectivity index (χ2v) is 7.16. The van der Waals surface area contributed by atoms with E-state index in [0.29, 0.717) is 6.54 Å². The van der Waals surface area contributed by atoms with E-state index >= 15 is 0 Å². The van der Waals surface area contributed by atoms with Gasteiger partial charge in [-0.3, -0.25) is 0 Å². The van der Waals surface area contributed by atoms with Gasteiger partial charge in [0.2, 0.25) is 10.0 Å². The Balaban J connectivity index is 1.73. The summed E-state index contributed by atoms with van der Waals surface area (Å²) in [7, 11) is -3.11. The first-order chi connectivity index (χ1) is 9.08. The van der Waals surface area contributed by atoms with Crippen LogP contribution < -0.4 is 4.72 Å². The van der Waals surface area contributed by atoms with E-state index in [1.807, 2.05) is 12.1 Å². The van der Waals surface area contributed by atoms with Gasteiger partial charge in [-0.05, 0) is 43.4 Å². The smallest absolute Gasteiger partial charge is 0.214 e. The minimum atomic E-state index is -3.11. The second-order valence-electron chi connectivity index (χ2n) is 5.12. The lowest BCUT2D eigenvalue weighted by molar-refractivity contribution is 0.475. The molecule has 4 nitrogen and oxygen atoms in total. The van der Waals surface area contributed by atoms with E-state index in [9.17, 15) is 8.42 Å². The van der Waals surface area contributed by atoms with Gasteiger partial charge in [-0.15, -0.1) is 0 Å². The van der Waals surface area contributed by atoms with Gasteiger partial charge < -0.3 is 5.11 Å². The number of phenolic OH excluding ortho intramolecular Hbond substituents is 1. The van der Waals surface area contributed by atoms with Gasteiger partial charge in [-0.25, -0.2) is 13.1 Å². The molecule has 0 atom stereocenters. The first kappa shape index (κ1) is 14.3. The van der Waals surface area contributed by atoms with Crippen molar-refractivity contribution >= 4 is 10.0 Å². The van der Waals surface area contributed by atoms with Crippen LogP contribution in [0.4, 0.5) is 0 Å². The molecule has 1 aliphatic carbocycles. The van der Waals surface area contributed by atoms with Gasteiger partial charge in [0.1, 0.15) is 5.75 Å². The minimum absolute atomic E-state index is 0.179. The Kier molecular flexibility index (Phi) is 4.82. The number of aryl methyl sites for hydroxylation is 1. The Bertz CT molecular complexity index is 490. The van der Waals surface area contributed by atoms with Crippen molar-refractivity contribution in [2.75, 3.05) is 6.54 Å². The van der Waals surface area contributed by atoms with Gasteiger partial charge in [0.15, 0.2) is 0 Å². The number of phenols is 1. The molecule has 0 aliphatic heterocycles. The maximum atomic E-state index is 11.9. The average Bonchev–Trinajstić information content (AvgIpc) is 2.91. The molecule has 2 N–H and O–H groups in total. The molecular weight excluding hydrogens is 262 g/mol. The maximum absolute atomic E-state index is 11.9. The molecule has 106 valence electrons. The molecule has 1 aliphatic rings. The fourth-order valence-corrected chi connectivity index (χ4v) is 4.10. The number of aromatic hydroxyl groups is 1. The van der Waals surface area contributed by atoms with E-state index in [1.165, 1.54) is 0 Å². The molecule has 0 amide bonds. The zero-order valence-corrected chi connectivity index (χ0v) is 11.8. The van der Waals surface area contributed by atoms with Crippen LogP contribution in [0.5, 0.6) is 5.75 Å². The van der Waals surface area contributed by atoms with Crippen molar-refractivity contribution in [3.05, 3.63) is 29.8 Å². The molecule has 0 spiro atoms. The van der Waals surface area contributed by atoms with Crippen LogP contribution in [0.2, 0.25) is 0 Å². The number of hydrogen-bond donors (Lipinski definition) is 2. The molecule has 0 unspecified atom stereocenters. The molecule has 0 heterocycles. The van der Waals surface area contributed by atoms with Gasteiger partial charge in [0, 0.05) is 6.54 Å². The molecule has 2 rings (SSSR count). The largest absolute Gasteiger partial charge is 0.508 e. The summed E-state index contributed by atoms with van der Waals surface area (Å²) in [5, 5.41) is 8.99. The van der Waals surface area contributed by atoms with E-state index in [4.69, 9.17) is 5.11 Å². The molecule has 1 fully saturated rings. The van der Waals surface area contributed by atoms with Crippen molar-refractivity contribution in [3.8, 4) is 5.75 Å². The molecule has 0 saturated heterocycles. The zero-order chi connectivity index (χ0) is 13.7. The van der Waals surface area contributed by atoms with Gasteiger partial charge in [-0.1, -0.05) is 25.0 Å². The number of sulfonamides is 1. The van der Waals surface area contributed by atoms with E-state index in [1.54, 1.807) is 12.1 Å². The maximum Gasteiger partial charge on any atom is 0.214 e. The van der Waals surface area contributed by atoms with Gasteiger partial charge in [0.05, 0.1) is 5.25 Å².